The van der Waals surface area contributed by atoms with Gasteiger partial charge in [0.1, 0.15) is 5.69 Å². The number of aromatic nitrogens is 2. The molecule has 1 saturated heterocycles. The van der Waals surface area contributed by atoms with E-state index in [1.54, 1.807) is 4.68 Å². The summed E-state index contributed by atoms with van der Waals surface area (Å²) >= 11 is 6.22. The van der Waals surface area contributed by atoms with Gasteiger partial charge in [0.05, 0.1) is 10.7 Å². The monoisotopic (exact) mass is 269 g/mol. The summed E-state index contributed by atoms with van der Waals surface area (Å²) in [6, 6.07) is 0. The van der Waals surface area contributed by atoms with Crippen LogP contribution in [0, 0.1) is 6.92 Å². The minimum atomic E-state index is 0.0318. The van der Waals surface area contributed by atoms with Gasteiger partial charge in [-0.2, -0.15) is 5.10 Å². The highest BCUT2D eigenvalue weighted by molar-refractivity contribution is 6.34. The van der Waals surface area contributed by atoms with E-state index in [4.69, 9.17) is 11.6 Å². The van der Waals surface area contributed by atoms with Crippen molar-refractivity contribution in [1.29, 1.82) is 0 Å². The largest absolute Gasteiger partial charge is 0.337 e. The minimum Gasteiger partial charge on any atom is -0.337 e. The Morgan fingerprint density at radius 2 is 1.89 bits per heavy atom. The van der Waals surface area contributed by atoms with Crippen LogP contribution in [-0.2, 0) is 6.54 Å². The van der Waals surface area contributed by atoms with E-state index in [1.807, 2.05) is 18.7 Å². The fourth-order valence-corrected chi connectivity index (χ4v) is 2.63. The molecule has 0 bridgehead atoms. The lowest BCUT2D eigenvalue weighted by atomic mass is 10.2. The maximum absolute atomic E-state index is 12.5. The molecule has 1 amide bonds. The topological polar surface area (TPSA) is 38.1 Å². The normalized spacial score (nSPS) is 16.7. The van der Waals surface area contributed by atoms with Gasteiger partial charge in [0.25, 0.3) is 5.91 Å². The second-order valence-electron chi connectivity index (χ2n) is 4.77. The zero-order valence-electron chi connectivity index (χ0n) is 11.1. The summed E-state index contributed by atoms with van der Waals surface area (Å²) < 4.78 is 1.71. The first-order valence-electron chi connectivity index (χ1n) is 6.67. The smallest absolute Gasteiger partial charge is 0.273 e. The second kappa shape index (κ2) is 5.74. The van der Waals surface area contributed by atoms with Gasteiger partial charge in [-0.3, -0.25) is 9.48 Å². The van der Waals surface area contributed by atoms with Gasteiger partial charge in [-0.15, -0.1) is 0 Å². The summed E-state index contributed by atoms with van der Waals surface area (Å²) in [5, 5.41) is 4.81. The lowest BCUT2D eigenvalue weighted by Gasteiger charge is -2.20. The Kier molecular flexibility index (Phi) is 4.27. The average Bonchev–Trinajstić information content (AvgIpc) is 2.60. The first kappa shape index (κ1) is 13.4. The molecule has 0 radical (unpaired) electrons. The summed E-state index contributed by atoms with van der Waals surface area (Å²) in [6.07, 6.45) is 4.60. The summed E-state index contributed by atoms with van der Waals surface area (Å²) in [5.74, 6) is 0.0318. The van der Waals surface area contributed by atoms with Crippen LogP contribution in [0.25, 0.3) is 0 Å². The molecule has 0 unspecified atom stereocenters. The van der Waals surface area contributed by atoms with Gasteiger partial charge in [0.2, 0.25) is 0 Å². The van der Waals surface area contributed by atoms with E-state index in [2.05, 4.69) is 5.10 Å². The Hall–Kier alpha value is -1.03. The van der Waals surface area contributed by atoms with E-state index in [0.29, 0.717) is 17.3 Å². The Morgan fingerprint density at radius 3 is 2.44 bits per heavy atom. The number of carbonyl (C=O) groups is 1. The predicted octanol–water partition coefficient (Wildman–Crippen LogP) is 2.88. The SMILES string of the molecule is CCn1nc(C)c(Cl)c1C(=O)N1CCCCCC1. The molecule has 0 aliphatic carbocycles. The number of carbonyl (C=O) groups excluding carboxylic acids is 1. The van der Waals surface area contributed by atoms with E-state index in [1.165, 1.54) is 12.8 Å². The van der Waals surface area contributed by atoms with E-state index in [-0.39, 0.29) is 5.91 Å². The van der Waals surface area contributed by atoms with Crippen LogP contribution in [0.15, 0.2) is 0 Å². The zero-order valence-corrected chi connectivity index (χ0v) is 11.8. The van der Waals surface area contributed by atoms with Gasteiger partial charge in [-0.25, -0.2) is 0 Å². The van der Waals surface area contributed by atoms with Crippen LogP contribution < -0.4 is 0 Å². The first-order chi connectivity index (χ1) is 8.65. The lowest BCUT2D eigenvalue weighted by Crippen LogP contribution is -2.33. The third-order valence-corrected chi connectivity index (χ3v) is 3.90. The highest BCUT2D eigenvalue weighted by Crippen LogP contribution is 2.23. The van der Waals surface area contributed by atoms with Gasteiger partial charge in [-0.1, -0.05) is 24.4 Å². The molecule has 1 aliphatic rings. The summed E-state index contributed by atoms with van der Waals surface area (Å²) in [7, 11) is 0. The molecule has 0 spiro atoms. The fraction of sp³-hybridized carbons (Fsp3) is 0.692. The van der Waals surface area contributed by atoms with Crippen molar-refractivity contribution >= 4 is 17.5 Å². The highest BCUT2D eigenvalue weighted by Gasteiger charge is 2.25. The molecular weight excluding hydrogens is 250 g/mol. The van der Waals surface area contributed by atoms with Crippen molar-refractivity contribution in [2.75, 3.05) is 13.1 Å². The van der Waals surface area contributed by atoms with Crippen LogP contribution >= 0.6 is 11.6 Å². The molecule has 1 aliphatic heterocycles. The molecule has 0 saturated carbocycles. The Balaban J connectivity index is 2.26. The average molecular weight is 270 g/mol. The van der Waals surface area contributed by atoms with Crippen molar-refractivity contribution in [3.05, 3.63) is 16.4 Å². The van der Waals surface area contributed by atoms with E-state index in [0.717, 1.165) is 31.6 Å². The molecule has 1 aromatic rings. The maximum atomic E-state index is 12.5. The third kappa shape index (κ3) is 2.53. The van der Waals surface area contributed by atoms with Crippen molar-refractivity contribution in [2.45, 2.75) is 46.1 Å². The van der Waals surface area contributed by atoms with Crippen LogP contribution in [0.4, 0.5) is 0 Å². The number of aryl methyl sites for hydroxylation is 2. The third-order valence-electron chi connectivity index (χ3n) is 3.45. The van der Waals surface area contributed by atoms with Gasteiger partial charge >= 0.3 is 0 Å². The fourth-order valence-electron chi connectivity index (χ4n) is 2.42. The van der Waals surface area contributed by atoms with Gasteiger partial charge in [-0.05, 0) is 26.7 Å². The van der Waals surface area contributed by atoms with Crippen molar-refractivity contribution < 1.29 is 4.79 Å². The molecular formula is C13H20ClN3O. The second-order valence-corrected chi connectivity index (χ2v) is 5.15. The molecule has 0 N–H and O–H groups in total. The van der Waals surface area contributed by atoms with E-state index in [9.17, 15) is 4.79 Å². The quantitative estimate of drug-likeness (QED) is 0.828. The number of rotatable bonds is 2. The van der Waals surface area contributed by atoms with E-state index < -0.39 is 0 Å². The lowest BCUT2D eigenvalue weighted by molar-refractivity contribution is 0.0749. The standard InChI is InChI=1S/C13H20ClN3O/c1-3-17-12(11(14)10(2)15-17)13(18)16-8-6-4-5-7-9-16/h3-9H2,1-2H3. The van der Waals surface area contributed by atoms with Crippen LogP contribution in [0.2, 0.25) is 5.02 Å². The van der Waals surface area contributed by atoms with Crippen LogP contribution in [0.3, 0.4) is 0 Å². The maximum Gasteiger partial charge on any atom is 0.273 e. The van der Waals surface area contributed by atoms with Gasteiger partial charge in [0, 0.05) is 19.6 Å². The van der Waals surface area contributed by atoms with Crippen molar-refractivity contribution in [3.63, 3.8) is 0 Å². The molecule has 18 heavy (non-hydrogen) atoms. The Bertz CT molecular complexity index is 434. The molecule has 0 atom stereocenters. The van der Waals surface area contributed by atoms with Crippen molar-refractivity contribution in [3.8, 4) is 0 Å². The number of nitrogens with zero attached hydrogens (tertiary/aromatic N) is 3. The predicted molar refractivity (Wildman–Crippen MR) is 72.0 cm³/mol. The summed E-state index contributed by atoms with van der Waals surface area (Å²) in [6.45, 7) is 6.16. The number of amides is 1. The zero-order chi connectivity index (χ0) is 13.1. The minimum absolute atomic E-state index is 0.0318. The van der Waals surface area contributed by atoms with Gasteiger partial charge in [0.15, 0.2) is 0 Å². The van der Waals surface area contributed by atoms with Crippen LogP contribution in [0.1, 0.15) is 48.8 Å². The van der Waals surface area contributed by atoms with Crippen LogP contribution in [0.5, 0.6) is 0 Å². The Labute approximate surface area is 113 Å². The van der Waals surface area contributed by atoms with Gasteiger partial charge < -0.3 is 4.90 Å². The van der Waals surface area contributed by atoms with Crippen molar-refractivity contribution in [2.24, 2.45) is 0 Å². The number of hydrogen-bond acceptors (Lipinski definition) is 2. The molecule has 100 valence electrons. The Morgan fingerprint density at radius 1 is 1.28 bits per heavy atom. The highest BCUT2D eigenvalue weighted by atomic mass is 35.5. The van der Waals surface area contributed by atoms with Crippen LogP contribution in [-0.4, -0.2) is 33.7 Å². The first-order valence-corrected chi connectivity index (χ1v) is 7.05. The molecule has 1 aromatic heterocycles. The van der Waals surface area contributed by atoms with Crippen molar-refractivity contribution in [1.82, 2.24) is 14.7 Å². The summed E-state index contributed by atoms with van der Waals surface area (Å²) in [4.78, 5) is 14.5. The number of likely N-dealkylation sites (tertiary alicyclic amines) is 1. The number of hydrogen-bond donors (Lipinski definition) is 0. The molecule has 5 heteroatoms. The summed E-state index contributed by atoms with van der Waals surface area (Å²) in [5.41, 5.74) is 1.29. The number of halogens is 1. The van der Waals surface area contributed by atoms with E-state index >= 15 is 0 Å². The molecule has 2 heterocycles. The molecule has 1 fully saturated rings. The molecule has 0 aromatic carbocycles. The molecule has 4 nitrogen and oxygen atoms in total. The molecule has 2 rings (SSSR count).